The Hall–Kier alpha value is -3.59. The number of carbonyl (C=O) groups is 2. The predicted octanol–water partition coefficient (Wildman–Crippen LogP) is 3.55. The Labute approximate surface area is 192 Å². The van der Waals surface area contributed by atoms with Crippen LogP contribution in [0.4, 0.5) is 10.5 Å². The van der Waals surface area contributed by atoms with E-state index in [2.05, 4.69) is 5.32 Å². The molecule has 0 aliphatic carbocycles. The van der Waals surface area contributed by atoms with Crippen LogP contribution in [0.3, 0.4) is 0 Å². The van der Waals surface area contributed by atoms with Crippen LogP contribution in [0.15, 0.2) is 76.2 Å². The van der Waals surface area contributed by atoms with E-state index >= 15 is 0 Å². The van der Waals surface area contributed by atoms with Crippen molar-refractivity contribution >= 4 is 27.5 Å². The number of furan rings is 1. The first-order valence-corrected chi connectivity index (χ1v) is 12.2. The number of rotatable bonds is 5. The van der Waals surface area contributed by atoms with Crippen molar-refractivity contribution in [2.45, 2.75) is 17.6 Å². The minimum absolute atomic E-state index is 0.0205. The van der Waals surface area contributed by atoms with Crippen molar-refractivity contribution in [1.82, 2.24) is 9.80 Å². The monoisotopic (exact) mass is 467 g/mol. The lowest BCUT2D eigenvalue weighted by Gasteiger charge is -2.34. The molecule has 1 aliphatic rings. The van der Waals surface area contributed by atoms with Gasteiger partial charge in [-0.05, 0) is 42.8 Å². The minimum Gasteiger partial charge on any atom is -0.459 e. The molecule has 1 fully saturated rings. The zero-order chi connectivity index (χ0) is 23.4. The molecule has 0 spiro atoms. The second-order valence-corrected chi connectivity index (χ2v) is 9.92. The SMILES string of the molecule is Cc1cccc(NC(=O)N2CCN(C(=O)c3occc3CS(=O)(=O)c3ccccc3)CC2)c1. The van der Waals surface area contributed by atoms with Crippen LogP contribution in [0.25, 0.3) is 0 Å². The average Bonchev–Trinajstić information content (AvgIpc) is 3.26. The van der Waals surface area contributed by atoms with E-state index < -0.39 is 9.84 Å². The topological polar surface area (TPSA) is 99.9 Å². The fraction of sp³-hybridized carbons (Fsp3) is 0.250. The molecule has 3 amide bonds. The first-order valence-electron chi connectivity index (χ1n) is 10.6. The average molecular weight is 468 g/mol. The van der Waals surface area contributed by atoms with E-state index in [1.807, 2.05) is 31.2 Å². The van der Waals surface area contributed by atoms with Crippen LogP contribution in [0.5, 0.6) is 0 Å². The molecular formula is C24H25N3O5S. The molecule has 4 rings (SSSR count). The zero-order valence-electron chi connectivity index (χ0n) is 18.2. The van der Waals surface area contributed by atoms with Crippen molar-refractivity contribution in [3.8, 4) is 0 Å². The maximum absolute atomic E-state index is 13.0. The highest BCUT2D eigenvalue weighted by Gasteiger charge is 2.29. The normalized spacial score (nSPS) is 14.2. The Morgan fingerprint density at radius 2 is 1.64 bits per heavy atom. The molecular weight excluding hydrogens is 442 g/mol. The van der Waals surface area contributed by atoms with E-state index in [0.717, 1.165) is 11.3 Å². The van der Waals surface area contributed by atoms with Crippen LogP contribution in [-0.2, 0) is 15.6 Å². The van der Waals surface area contributed by atoms with Crippen molar-refractivity contribution < 1.29 is 22.4 Å². The van der Waals surface area contributed by atoms with Crippen molar-refractivity contribution in [2.75, 3.05) is 31.5 Å². The molecule has 1 N–H and O–H groups in total. The van der Waals surface area contributed by atoms with Gasteiger partial charge in [0.25, 0.3) is 5.91 Å². The van der Waals surface area contributed by atoms with E-state index in [0.29, 0.717) is 31.7 Å². The summed E-state index contributed by atoms with van der Waals surface area (Å²) in [6, 6.07) is 16.9. The second kappa shape index (κ2) is 9.50. The van der Waals surface area contributed by atoms with Gasteiger partial charge in [-0.15, -0.1) is 0 Å². The smallest absolute Gasteiger partial charge is 0.321 e. The number of piperazine rings is 1. The maximum atomic E-state index is 13.0. The molecule has 8 nitrogen and oxygen atoms in total. The van der Waals surface area contributed by atoms with Gasteiger partial charge in [0.1, 0.15) is 0 Å². The number of nitrogens with zero attached hydrogens (tertiary/aromatic N) is 2. The zero-order valence-corrected chi connectivity index (χ0v) is 19.0. The summed E-state index contributed by atoms with van der Waals surface area (Å²) >= 11 is 0. The number of carbonyl (C=O) groups excluding carboxylic acids is 2. The van der Waals surface area contributed by atoms with E-state index in [1.165, 1.54) is 24.5 Å². The molecule has 9 heteroatoms. The Balaban J connectivity index is 1.38. The van der Waals surface area contributed by atoms with Gasteiger partial charge in [-0.3, -0.25) is 4.79 Å². The molecule has 2 aromatic carbocycles. The minimum atomic E-state index is -3.61. The molecule has 1 aliphatic heterocycles. The van der Waals surface area contributed by atoms with Crippen LogP contribution in [-0.4, -0.2) is 56.3 Å². The number of anilines is 1. The molecule has 0 radical (unpaired) electrons. The molecule has 0 saturated carbocycles. The standard InChI is InChI=1S/C24H25N3O5S/c1-18-6-5-7-20(16-18)25-24(29)27-13-11-26(12-14-27)23(28)22-19(10-15-32-22)17-33(30,31)21-8-3-2-4-9-21/h2-10,15-16H,11-14,17H2,1H3,(H,25,29). The number of hydrogen-bond donors (Lipinski definition) is 1. The second-order valence-electron chi connectivity index (χ2n) is 7.93. The van der Waals surface area contributed by atoms with E-state index in [1.54, 1.807) is 28.0 Å². The number of benzene rings is 2. The predicted molar refractivity (Wildman–Crippen MR) is 124 cm³/mol. The number of nitrogens with one attached hydrogen (secondary N) is 1. The molecule has 172 valence electrons. The largest absolute Gasteiger partial charge is 0.459 e. The number of urea groups is 1. The van der Waals surface area contributed by atoms with Crippen LogP contribution in [0.1, 0.15) is 21.7 Å². The number of amides is 3. The maximum Gasteiger partial charge on any atom is 0.321 e. The number of hydrogen-bond acceptors (Lipinski definition) is 5. The molecule has 0 unspecified atom stereocenters. The molecule has 0 bridgehead atoms. The van der Waals surface area contributed by atoms with Gasteiger partial charge in [0.05, 0.1) is 16.9 Å². The Bertz CT molecular complexity index is 1250. The van der Waals surface area contributed by atoms with Crippen LogP contribution in [0.2, 0.25) is 0 Å². The fourth-order valence-electron chi connectivity index (χ4n) is 3.73. The highest BCUT2D eigenvalue weighted by atomic mass is 32.2. The van der Waals surface area contributed by atoms with Crippen LogP contribution in [0, 0.1) is 6.92 Å². The summed E-state index contributed by atoms with van der Waals surface area (Å²) in [6.45, 7) is 3.33. The summed E-state index contributed by atoms with van der Waals surface area (Å²) in [5, 5.41) is 2.87. The number of sulfone groups is 1. The summed E-state index contributed by atoms with van der Waals surface area (Å²) in [5.74, 6) is -0.683. The summed E-state index contributed by atoms with van der Waals surface area (Å²) in [4.78, 5) is 29.0. The van der Waals surface area contributed by atoms with Crippen LogP contribution >= 0.6 is 0 Å². The molecule has 3 aromatic rings. The lowest BCUT2D eigenvalue weighted by Crippen LogP contribution is -2.51. The Kier molecular flexibility index (Phi) is 6.50. The third kappa shape index (κ3) is 5.25. The molecule has 1 aromatic heterocycles. The van der Waals surface area contributed by atoms with Gasteiger partial charge in [-0.25, -0.2) is 13.2 Å². The van der Waals surface area contributed by atoms with Crippen molar-refractivity contribution in [3.05, 3.63) is 83.8 Å². The third-order valence-electron chi connectivity index (χ3n) is 5.51. The van der Waals surface area contributed by atoms with E-state index in [4.69, 9.17) is 4.42 Å². The molecule has 2 heterocycles. The highest BCUT2D eigenvalue weighted by molar-refractivity contribution is 7.90. The van der Waals surface area contributed by atoms with Gasteiger partial charge < -0.3 is 19.5 Å². The van der Waals surface area contributed by atoms with Gasteiger partial charge in [-0.1, -0.05) is 30.3 Å². The van der Waals surface area contributed by atoms with E-state index in [-0.39, 0.29) is 28.3 Å². The Morgan fingerprint density at radius 3 is 2.33 bits per heavy atom. The van der Waals surface area contributed by atoms with Gasteiger partial charge in [0.15, 0.2) is 15.6 Å². The van der Waals surface area contributed by atoms with Gasteiger partial charge in [-0.2, -0.15) is 0 Å². The van der Waals surface area contributed by atoms with Crippen molar-refractivity contribution in [2.24, 2.45) is 0 Å². The molecule has 33 heavy (non-hydrogen) atoms. The van der Waals surface area contributed by atoms with E-state index in [9.17, 15) is 18.0 Å². The first kappa shape index (κ1) is 22.6. The number of aryl methyl sites for hydroxylation is 1. The summed E-state index contributed by atoms with van der Waals surface area (Å²) in [7, 11) is -3.61. The third-order valence-corrected chi connectivity index (χ3v) is 7.19. The van der Waals surface area contributed by atoms with Crippen LogP contribution < -0.4 is 5.32 Å². The quantitative estimate of drug-likeness (QED) is 0.619. The highest BCUT2D eigenvalue weighted by Crippen LogP contribution is 2.22. The van der Waals surface area contributed by atoms with Gasteiger partial charge in [0.2, 0.25) is 0 Å². The molecule has 1 saturated heterocycles. The first-order chi connectivity index (χ1) is 15.8. The summed E-state index contributed by atoms with van der Waals surface area (Å²) < 4.78 is 30.8. The van der Waals surface area contributed by atoms with Gasteiger partial charge in [0, 0.05) is 37.4 Å². The molecule has 0 atom stereocenters. The summed E-state index contributed by atoms with van der Waals surface area (Å²) in [6.07, 6.45) is 1.33. The fourth-order valence-corrected chi connectivity index (χ4v) is 5.11. The lowest BCUT2D eigenvalue weighted by atomic mass is 10.2. The lowest BCUT2D eigenvalue weighted by molar-refractivity contribution is 0.0639. The van der Waals surface area contributed by atoms with Crippen molar-refractivity contribution in [3.63, 3.8) is 0 Å². The van der Waals surface area contributed by atoms with Crippen molar-refractivity contribution in [1.29, 1.82) is 0 Å². The van der Waals surface area contributed by atoms with Gasteiger partial charge >= 0.3 is 6.03 Å². The summed E-state index contributed by atoms with van der Waals surface area (Å²) in [5.41, 5.74) is 2.09. The Morgan fingerprint density at radius 1 is 0.939 bits per heavy atom.